The number of hydrogen-bond donors (Lipinski definition) is 0. The minimum atomic E-state index is 0.775. The van der Waals surface area contributed by atoms with E-state index in [-0.39, 0.29) is 0 Å². The minimum Gasteiger partial charge on any atom is -0.355 e. The van der Waals surface area contributed by atoms with Gasteiger partial charge in [-0.3, -0.25) is 0 Å². The predicted octanol–water partition coefficient (Wildman–Crippen LogP) is 17.7. The van der Waals surface area contributed by atoms with Crippen molar-refractivity contribution in [1.29, 1.82) is 0 Å². The first kappa shape index (κ1) is 54.8. The summed E-state index contributed by atoms with van der Waals surface area (Å²) >= 11 is 0. The van der Waals surface area contributed by atoms with Crippen molar-refractivity contribution in [3.63, 3.8) is 0 Å². The molecule has 0 aliphatic rings. The van der Waals surface area contributed by atoms with Gasteiger partial charge in [0.25, 0.3) is 0 Å². The van der Waals surface area contributed by atoms with Crippen molar-refractivity contribution in [3.05, 3.63) is 49.4 Å². The van der Waals surface area contributed by atoms with Gasteiger partial charge in [0, 0.05) is 13.1 Å². The average molecular weight is 755 g/mol. The number of rotatable bonds is 40. The topological polar surface area (TPSA) is 6.48 Å². The van der Waals surface area contributed by atoms with Crippen LogP contribution in [-0.2, 0) is 0 Å². The molecule has 54 heavy (non-hydrogen) atoms. The summed E-state index contributed by atoms with van der Waals surface area (Å²) in [4.78, 5) is 4.97. The SMILES string of the molecule is C=CN(/C=C\C)CCCN(CCCCCCCC(=C)C)CC(C)CCCCCC(=C)CC(CC)CCCCCCCC.CCCCCCCCC(C)CC. The van der Waals surface area contributed by atoms with E-state index in [4.69, 9.17) is 0 Å². The second-order valence-corrected chi connectivity index (χ2v) is 17.6. The third-order valence-electron chi connectivity index (χ3n) is 11.7. The van der Waals surface area contributed by atoms with Crippen LogP contribution in [0.15, 0.2) is 49.4 Å². The van der Waals surface area contributed by atoms with Crippen LogP contribution in [-0.4, -0.2) is 36.0 Å². The standard InChI is InChI=1S/C40H76N2.C12H26/c1-9-13-14-15-18-24-30-40(11-3)35-38(7)28-22-20-23-29-39(8)36-42(34-26-33-41(12-4)31-10-2)32-25-19-16-17-21-27-37(5)6;1-4-6-7-8-9-10-11-12(3)5-2/h10,12,31,39-40H,4-5,7,9,11,13-30,32-36H2,1-3,6,8H3;12H,4-11H2,1-3H3/b31-10-;. The van der Waals surface area contributed by atoms with Crippen molar-refractivity contribution < 1.29 is 0 Å². The summed E-state index contributed by atoms with van der Waals surface area (Å²) in [5.74, 6) is 2.59. The Labute approximate surface area is 343 Å². The second-order valence-electron chi connectivity index (χ2n) is 17.6. The van der Waals surface area contributed by atoms with Gasteiger partial charge in [-0.2, -0.15) is 0 Å². The molecule has 320 valence electrons. The van der Waals surface area contributed by atoms with Gasteiger partial charge in [0.15, 0.2) is 0 Å². The largest absolute Gasteiger partial charge is 0.355 e. The van der Waals surface area contributed by atoms with Crippen LogP contribution in [0.1, 0.15) is 242 Å². The van der Waals surface area contributed by atoms with Crippen molar-refractivity contribution in [2.75, 3.05) is 26.2 Å². The van der Waals surface area contributed by atoms with Crippen LogP contribution in [0.4, 0.5) is 0 Å². The lowest BCUT2D eigenvalue weighted by Crippen LogP contribution is -2.32. The maximum Gasteiger partial charge on any atom is 0.0231 e. The number of unbranched alkanes of at least 4 members (excludes halogenated alkanes) is 16. The summed E-state index contributed by atoms with van der Waals surface area (Å²) in [6.45, 7) is 35.6. The van der Waals surface area contributed by atoms with Crippen LogP contribution in [0.25, 0.3) is 0 Å². The van der Waals surface area contributed by atoms with Gasteiger partial charge >= 0.3 is 0 Å². The number of allylic oxidation sites excluding steroid dienone is 3. The fourth-order valence-corrected chi connectivity index (χ4v) is 7.71. The molecule has 0 N–H and O–H groups in total. The van der Waals surface area contributed by atoms with Crippen LogP contribution in [0.3, 0.4) is 0 Å². The molecule has 0 fully saturated rings. The number of hydrogen-bond acceptors (Lipinski definition) is 2. The third-order valence-corrected chi connectivity index (χ3v) is 11.7. The molecule has 0 aliphatic carbocycles. The van der Waals surface area contributed by atoms with Crippen LogP contribution >= 0.6 is 0 Å². The molecular formula is C52H102N2. The molecule has 0 aliphatic heterocycles. The molecule has 2 nitrogen and oxygen atoms in total. The monoisotopic (exact) mass is 755 g/mol. The average Bonchev–Trinajstić information content (AvgIpc) is 3.15. The van der Waals surface area contributed by atoms with E-state index < -0.39 is 0 Å². The Hall–Kier alpha value is -1.28. The summed E-state index contributed by atoms with van der Waals surface area (Å²) in [6.07, 6.45) is 45.9. The Morgan fingerprint density at radius 2 is 1.06 bits per heavy atom. The highest BCUT2D eigenvalue weighted by atomic mass is 15.1. The van der Waals surface area contributed by atoms with E-state index in [1.807, 2.05) is 6.20 Å². The molecule has 0 aromatic carbocycles. The zero-order valence-electron chi connectivity index (χ0n) is 38.8. The highest BCUT2D eigenvalue weighted by molar-refractivity contribution is 4.95. The molecule has 0 saturated heterocycles. The lowest BCUT2D eigenvalue weighted by Gasteiger charge is -2.27. The highest BCUT2D eigenvalue weighted by Gasteiger charge is 2.12. The van der Waals surface area contributed by atoms with Gasteiger partial charge in [-0.25, -0.2) is 0 Å². The Morgan fingerprint density at radius 1 is 0.556 bits per heavy atom. The Bertz CT molecular complexity index is 826. The van der Waals surface area contributed by atoms with Crippen LogP contribution < -0.4 is 0 Å². The van der Waals surface area contributed by atoms with E-state index in [0.29, 0.717) is 0 Å². The maximum absolute atomic E-state index is 4.48. The summed E-state index contributed by atoms with van der Waals surface area (Å²) in [5.41, 5.74) is 2.84. The van der Waals surface area contributed by atoms with Crippen LogP contribution in [0.2, 0.25) is 0 Å². The van der Waals surface area contributed by atoms with Gasteiger partial charge < -0.3 is 9.80 Å². The van der Waals surface area contributed by atoms with E-state index in [1.54, 1.807) is 0 Å². The van der Waals surface area contributed by atoms with E-state index in [1.165, 1.54) is 217 Å². The smallest absolute Gasteiger partial charge is 0.0231 e. The summed E-state index contributed by atoms with van der Waals surface area (Å²) < 4.78 is 0. The number of nitrogens with zero attached hydrogens (tertiary/aromatic N) is 2. The van der Waals surface area contributed by atoms with Gasteiger partial charge in [0.05, 0.1) is 0 Å². The summed E-state index contributed by atoms with van der Waals surface area (Å²) in [6, 6.07) is 0. The van der Waals surface area contributed by atoms with Crippen LogP contribution in [0.5, 0.6) is 0 Å². The highest BCUT2D eigenvalue weighted by Crippen LogP contribution is 2.25. The van der Waals surface area contributed by atoms with Gasteiger partial charge in [-0.1, -0.05) is 207 Å². The fourth-order valence-electron chi connectivity index (χ4n) is 7.71. The Balaban J connectivity index is 0. The zero-order valence-corrected chi connectivity index (χ0v) is 38.8. The molecule has 0 radical (unpaired) electrons. The van der Waals surface area contributed by atoms with Crippen molar-refractivity contribution in [2.24, 2.45) is 17.8 Å². The third kappa shape index (κ3) is 40.4. The maximum atomic E-state index is 4.48. The van der Waals surface area contributed by atoms with Gasteiger partial charge in [0.2, 0.25) is 0 Å². The van der Waals surface area contributed by atoms with Crippen molar-refractivity contribution in [1.82, 2.24) is 9.80 Å². The molecular weight excluding hydrogens is 653 g/mol. The second kappa shape index (κ2) is 42.9. The summed E-state index contributed by atoms with van der Waals surface area (Å²) in [7, 11) is 0. The van der Waals surface area contributed by atoms with Crippen LogP contribution in [0, 0.1) is 17.8 Å². The molecule has 0 amide bonds. The lowest BCUT2D eigenvalue weighted by atomic mass is 9.90. The molecule has 3 atom stereocenters. The first-order chi connectivity index (χ1) is 26.2. The quantitative estimate of drug-likeness (QED) is 0.0454. The van der Waals surface area contributed by atoms with E-state index >= 15 is 0 Å². The lowest BCUT2D eigenvalue weighted by molar-refractivity contribution is 0.217. The molecule has 0 saturated carbocycles. The zero-order chi connectivity index (χ0) is 40.5. The molecule has 3 unspecified atom stereocenters. The first-order valence-electron chi connectivity index (χ1n) is 24.2. The molecule has 0 rings (SSSR count). The van der Waals surface area contributed by atoms with E-state index in [2.05, 4.69) is 97.2 Å². The molecule has 0 heterocycles. The fraction of sp³-hybridized carbons (Fsp3) is 0.846. The van der Waals surface area contributed by atoms with Gasteiger partial charge in [-0.05, 0) is 108 Å². The summed E-state index contributed by atoms with van der Waals surface area (Å²) in [5, 5.41) is 0. The minimum absolute atomic E-state index is 0.775. The molecule has 0 spiro atoms. The molecule has 2 heteroatoms. The molecule has 0 bridgehead atoms. The first-order valence-corrected chi connectivity index (χ1v) is 24.2. The normalized spacial score (nSPS) is 13.1. The van der Waals surface area contributed by atoms with Crippen molar-refractivity contribution >= 4 is 0 Å². The van der Waals surface area contributed by atoms with Gasteiger partial charge in [-0.15, -0.1) is 6.58 Å². The predicted molar refractivity (Wildman–Crippen MR) is 251 cm³/mol. The molecule has 0 aromatic rings. The van der Waals surface area contributed by atoms with Crippen molar-refractivity contribution in [2.45, 2.75) is 242 Å². The van der Waals surface area contributed by atoms with E-state index in [9.17, 15) is 0 Å². The Morgan fingerprint density at radius 3 is 1.61 bits per heavy atom. The van der Waals surface area contributed by atoms with E-state index in [0.717, 1.165) is 24.3 Å². The molecule has 0 aromatic heterocycles. The van der Waals surface area contributed by atoms with Crippen molar-refractivity contribution in [3.8, 4) is 0 Å². The Kier molecular flexibility index (Phi) is 43.5. The van der Waals surface area contributed by atoms with Gasteiger partial charge in [0.1, 0.15) is 0 Å².